The fourth-order valence-corrected chi connectivity index (χ4v) is 2.28. The molecule has 10 heteroatoms. The zero-order chi connectivity index (χ0) is 19.5. The highest BCUT2D eigenvalue weighted by Crippen LogP contribution is 2.33. The zero-order valence-electron chi connectivity index (χ0n) is 14.9. The first-order valence-corrected chi connectivity index (χ1v) is 7.88. The molecule has 0 saturated heterocycles. The lowest BCUT2D eigenvalue weighted by Crippen LogP contribution is -2.39. The van der Waals surface area contributed by atoms with Crippen molar-refractivity contribution in [2.45, 2.75) is 26.1 Å². The topological polar surface area (TPSA) is 76.0 Å². The van der Waals surface area contributed by atoms with Crippen molar-refractivity contribution in [1.29, 1.82) is 0 Å². The average molecular weight is 405 g/mol. The summed E-state index contributed by atoms with van der Waals surface area (Å²) in [5, 5.41) is 9.34. The van der Waals surface area contributed by atoms with Gasteiger partial charge in [-0.25, -0.2) is 4.68 Å². The number of benzene rings is 1. The quantitative estimate of drug-likeness (QED) is 0.802. The van der Waals surface area contributed by atoms with Gasteiger partial charge in [-0.05, 0) is 33.0 Å². The van der Waals surface area contributed by atoms with Crippen molar-refractivity contribution in [1.82, 2.24) is 20.4 Å². The van der Waals surface area contributed by atoms with Gasteiger partial charge in [0.2, 0.25) is 5.43 Å². The summed E-state index contributed by atoms with van der Waals surface area (Å²) in [6.45, 7) is 3.51. The number of halogens is 4. The molecule has 1 atom stereocenters. The summed E-state index contributed by atoms with van der Waals surface area (Å²) in [5.41, 5.74) is -2.09. The second kappa shape index (κ2) is 9.01. The fraction of sp³-hybridized carbons (Fsp3) is 0.353. The van der Waals surface area contributed by atoms with Gasteiger partial charge in [-0.3, -0.25) is 9.59 Å². The molecule has 2 rings (SSSR count). The third-order valence-corrected chi connectivity index (χ3v) is 3.82. The Morgan fingerprint density at radius 3 is 2.52 bits per heavy atom. The van der Waals surface area contributed by atoms with Gasteiger partial charge in [0.1, 0.15) is 0 Å². The largest absolute Gasteiger partial charge is 0.418 e. The molecule has 1 heterocycles. The van der Waals surface area contributed by atoms with E-state index < -0.39 is 28.8 Å². The van der Waals surface area contributed by atoms with Crippen LogP contribution in [0.1, 0.15) is 28.7 Å². The van der Waals surface area contributed by atoms with Crippen LogP contribution in [-0.4, -0.2) is 35.3 Å². The summed E-state index contributed by atoms with van der Waals surface area (Å²) >= 11 is 0. The standard InChI is InChI=1S/C17H19F3N4O2.ClH/c1-10(21-3)9-22-16(26)15-14(25)8-11(2)24(23-15)13-7-5-4-6-12(13)17(18,19)20;/h4-8,10,21H,9H2,1-3H3,(H,22,26);1H. The van der Waals surface area contributed by atoms with Crippen LogP contribution in [0.3, 0.4) is 0 Å². The van der Waals surface area contributed by atoms with Crippen molar-refractivity contribution in [3.05, 3.63) is 57.5 Å². The van der Waals surface area contributed by atoms with Crippen molar-refractivity contribution in [3.63, 3.8) is 0 Å². The second-order valence-corrected chi connectivity index (χ2v) is 5.83. The summed E-state index contributed by atoms with van der Waals surface area (Å²) < 4.78 is 40.7. The smallest absolute Gasteiger partial charge is 0.349 e. The Hall–Kier alpha value is -2.39. The predicted molar refractivity (Wildman–Crippen MR) is 97.7 cm³/mol. The predicted octanol–water partition coefficient (Wildman–Crippen LogP) is 2.32. The first kappa shape index (κ1) is 22.7. The highest BCUT2D eigenvalue weighted by Gasteiger charge is 2.34. The van der Waals surface area contributed by atoms with Crippen LogP contribution < -0.4 is 16.1 Å². The number of para-hydroxylation sites is 1. The number of alkyl halides is 3. The number of nitrogens with zero attached hydrogens (tertiary/aromatic N) is 2. The van der Waals surface area contributed by atoms with Crippen LogP contribution >= 0.6 is 12.4 Å². The molecule has 0 aliphatic rings. The Bertz CT molecular complexity index is 868. The molecule has 27 heavy (non-hydrogen) atoms. The molecule has 0 aliphatic carbocycles. The Balaban J connectivity index is 0.00000364. The van der Waals surface area contributed by atoms with Crippen LogP contribution in [0.15, 0.2) is 35.1 Å². The Kier molecular flexibility index (Phi) is 7.55. The van der Waals surface area contributed by atoms with Crippen molar-refractivity contribution >= 4 is 18.3 Å². The van der Waals surface area contributed by atoms with E-state index in [0.717, 1.165) is 16.8 Å². The monoisotopic (exact) mass is 404 g/mol. The zero-order valence-corrected chi connectivity index (χ0v) is 15.7. The van der Waals surface area contributed by atoms with Crippen LogP contribution in [0.2, 0.25) is 0 Å². The Morgan fingerprint density at radius 2 is 1.93 bits per heavy atom. The first-order chi connectivity index (χ1) is 12.1. The van der Waals surface area contributed by atoms with E-state index >= 15 is 0 Å². The fourth-order valence-electron chi connectivity index (χ4n) is 2.28. The number of nitrogens with one attached hydrogen (secondary N) is 2. The highest BCUT2D eigenvalue weighted by molar-refractivity contribution is 5.92. The molecule has 1 aromatic carbocycles. The van der Waals surface area contributed by atoms with Gasteiger partial charge in [0.05, 0.1) is 11.3 Å². The summed E-state index contributed by atoms with van der Waals surface area (Å²) in [6, 6.07) is 5.89. The third kappa shape index (κ3) is 5.30. The SMILES string of the molecule is CNC(C)CNC(=O)c1nn(-c2ccccc2C(F)(F)F)c(C)cc1=O.Cl. The summed E-state index contributed by atoms with van der Waals surface area (Å²) in [4.78, 5) is 24.3. The molecule has 0 saturated carbocycles. The first-order valence-electron chi connectivity index (χ1n) is 7.88. The van der Waals surface area contributed by atoms with E-state index in [1.54, 1.807) is 7.05 Å². The minimum Gasteiger partial charge on any atom is -0.349 e. The van der Waals surface area contributed by atoms with Crippen LogP contribution in [0.5, 0.6) is 0 Å². The van der Waals surface area contributed by atoms with Gasteiger partial charge in [0.15, 0.2) is 5.69 Å². The second-order valence-electron chi connectivity index (χ2n) is 5.83. The average Bonchev–Trinajstić information content (AvgIpc) is 2.58. The lowest BCUT2D eigenvalue weighted by Gasteiger charge is -2.17. The molecule has 2 aromatic rings. The van der Waals surface area contributed by atoms with Crippen molar-refractivity contribution in [2.75, 3.05) is 13.6 Å². The van der Waals surface area contributed by atoms with Crippen LogP contribution in [0.25, 0.3) is 5.69 Å². The van der Waals surface area contributed by atoms with E-state index in [0.29, 0.717) is 0 Å². The molecule has 1 unspecified atom stereocenters. The summed E-state index contributed by atoms with van der Waals surface area (Å²) in [7, 11) is 1.71. The number of hydrogen-bond donors (Lipinski definition) is 2. The Labute approximate surface area is 160 Å². The van der Waals surface area contributed by atoms with Crippen molar-refractivity contribution < 1.29 is 18.0 Å². The molecule has 0 aliphatic heterocycles. The van der Waals surface area contributed by atoms with Crippen LogP contribution in [0.4, 0.5) is 13.2 Å². The van der Waals surface area contributed by atoms with Gasteiger partial charge >= 0.3 is 6.18 Å². The van der Waals surface area contributed by atoms with Crippen LogP contribution in [0, 0.1) is 6.92 Å². The molecule has 148 valence electrons. The molecule has 1 aromatic heterocycles. The molecule has 1 amide bonds. The van der Waals surface area contributed by atoms with Gasteiger partial charge in [-0.15, -0.1) is 12.4 Å². The molecule has 0 radical (unpaired) electrons. The van der Waals surface area contributed by atoms with Gasteiger partial charge in [0.25, 0.3) is 5.91 Å². The van der Waals surface area contributed by atoms with Crippen molar-refractivity contribution in [2.24, 2.45) is 0 Å². The van der Waals surface area contributed by atoms with E-state index in [2.05, 4.69) is 15.7 Å². The van der Waals surface area contributed by atoms with Gasteiger partial charge in [0, 0.05) is 24.3 Å². The number of aryl methyl sites for hydroxylation is 1. The number of aromatic nitrogens is 2. The lowest BCUT2D eigenvalue weighted by atomic mass is 10.1. The van der Waals surface area contributed by atoms with E-state index in [9.17, 15) is 22.8 Å². The maximum absolute atomic E-state index is 13.3. The minimum atomic E-state index is -4.60. The van der Waals surface area contributed by atoms with E-state index in [1.165, 1.54) is 25.1 Å². The molecule has 0 bridgehead atoms. The highest BCUT2D eigenvalue weighted by atomic mass is 35.5. The van der Waals surface area contributed by atoms with Gasteiger partial charge in [-0.1, -0.05) is 12.1 Å². The van der Waals surface area contributed by atoms with E-state index in [1.807, 2.05) is 6.92 Å². The van der Waals surface area contributed by atoms with Gasteiger partial charge < -0.3 is 10.6 Å². The van der Waals surface area contributed by atoms with Crippen LogP contribution in [-0.2, 0) is 6.18 Å². The number of carbonyl (C=O) groups is 1. The van der Waals surface area contributed by atoms with Gasteiger partial charge in [-0.2, -0.15) is 18.3 Å². The number of hydrogen-bond acceptors (Lipinski definition) is 4. The number of rotatable bonds is 5. The number of carbonyl (C=O) groups excluding carboxylic acids is 1. The summed E-state index contributed by atoms with van der Waals surface area (Å²) in [6.07, 6.45) is -4.60. The van der Waals surface area contributed by atoms with E-state index in [-0.39, 0.29) is 36.4 Å². The van der Waals surface area contributed by atoms with E-state index in [4.69, 9.17) is 0 Å². The number of likely N-dealkylation sites (N-methyl/N-ethyl adjacent to an activating group) is 1. The molecule has 0 fully saturated rings. The maximum atomic E-state index is 13.3. The number of amides is 1. The van der Waals surface area contributed by atoms with Crippen molar-refractivity contribution in [3.8, 4) is 5.69 Å². The molecular formula is C17H20ClF3N4O2. The maximum Gasteiger partial charge on any atom is 0.418 e. The summed E-state index contributed by atoms with van der Waals surface area (Å²) in [5.74, 6) is -0.740. The molecular weight excluding hydrogens is 385 g/mol. The molecule has 6 nitrogen and oxygen atoms in total. The third-order valence-electron chi connectivity index (χ3n) is 3.82. The Morgan fingerprint density at radius 1 is 1.30 bits per heavy atom. The normalized spacial score (nSPS) is 12.2. The minimum absolute atomic E-state index is 0. The molecule has 0 spiro atoms. The lowest BCUT2D eigenvalue weighted by molar-refractivity contribution is -0.137. The molecule has 2 N–H and O–H groups in total.